The molecule has 0 spiro atoms. The van der Waals surface area contributed by atoms with Gasteiger partial charge in [-0.05, 0) is 30.9 Å². The summed E-state index contributed by atoms with van der Waals surface area (Å²) in [6, 6.07) is 2.86. The molecule has 7 heteroatoms. The lowest BCUT2D eigenvalue weighted by Crippen LogP contribution is -2.39. The van der Waals surface area contributed by atoms with Gasteiger partial charge < -0.3 is 0 Å². The van der Waals surface area contributed by atoms with Crippen LogP contribution in [0.3, 0.4) is 0 Å². The highest BCUT2D eigenvalue weighted by atomic mass is 35.5. The summed E-state index contributed by atoms with van der Waals surface area (Å²) in [4.78, 5) is 0.0256. The molecule has 1 heterocycles. The number of rotatable bonds is 2. The lowest BCUT2D eigenvalue weighted by molar-refractivity contribution is 0.281. The Morgan fingerprint density at radius 2 is 1.89 bits per heavy atom. The van der Waals surface area contributed by atoms with Crippen LogP contribution in [0.25, 0.3) is 0 Å². The summed E-state index contributed by atoms with van der Waals surface area (Å²) >= 11 is 17.7. The molecule has 0 radical (unpaired) electrons. The van der Waals surface area contributed by atoms with E-state index in [9.17, 15) is 8.42 Å². The minimum Gasteiger partial charge on any atom is -0.207 e. The van der Waals surface area contributed by atoms with Crippen LogP contribution in [0.15, 0.2) is 17.0 Å². The fraction of sp³-hybridized carbons (Fsp3) is 0.500. The highest BCUT2D eigenvalue weighted by Crippen LogP contribution is 2.36. The average molecular weight is 343 g/mol. The molecule has 0 amide bonds. The summed E-state index contributed by atoms with van der Waals surface area (Å²) in [5.74, 6) is 0.352. The molecule has 1 aliphatic heterocycles. The largest absolute Gasteiger partial charge is 0.244 e. The van der Waals surface area contributed by atoms with Crippen molar-refractivity contribution < 1.29 is 8.42 Å². The summed E-state index contributed by atoms with van der Waals surface area (Å²) in [6.45, 7) is 3.07. The third-order valence-electron chi connectivity index (χ3n) is 3.24. The van der Waals surface area contributed by atoms with Crippen molar-refractivity contribution >= 4 is 44.8 Å². The van der Waals surface area contributed by atoms with Gasteiger partial charge in [-0.3, -0.25) is 0 Å². The predicted molar refractivity (Wildman–Crippen MR) is 78.6 cm³/mol. The van der Waals surface area contributed by atoms with Crippen LogP contribution in [0.1, 0.15) is 19.8 Å². The van der Waals surface area contributed by atoms with E-state index >= 15 is 0 Å². The van der Waals surface area contributed by atoms with Crippen molar-refractivity contribution in [2.75, 3.05) is 13.1 Å². The van der Waals surface area contributed by atoms with Gasteiger partial charge in [0.15, 0.2) is 0 Å². The summed E-state index contributed by atoms with van der Waals surface area (Å²) in [6.07, 6.45) is 1.90. The van der Waals surface area contributed by atoms with Crippen molar-refractivity contribution in [2.24, 2.45) is 5.92 Å². The fourth-order valence-electron chi connectivity index (χ4n) is 2.21. The monoisotopic (exact) mass is 341 g/mol. The number of nitrogens with zero attached hydrogens (tertiary/aromatic N) is 1. The number of hydrogen-bond donors (Lipinski definition) is 0. The van der Waals surface area contributed by atoms with Gasteiger partial charge in [-0.15, -0.1) is 0 Å². The van der Waals surface area contributed by atoms with Crippen molar-refractivity contribution in [3.63, 3.8) is 0 Å². The maximum Gasteiger partial charge on any atom is 0.244 e. The van der Waals surface area contributed by atoms with E-state index in [-0.39, 0.29) is 20.0 Å². The molecule has 1 atom stereocenters. The van der Waals surface area contributed by atoms with Crippen LogP contribution in [0, 0.1) is 5.92 Å². The van der Waals surface area contributed by atoms with E-state index in [0.717, 1.165) is 12.8 Å². The van der Waals surface area contributed by atoms with Crippen molar-refractivity contribution in [2.45, 2.75) is 24.7 Å². The predicted octanol–water partition coefficient (Wildman–Crippen LogP) is 4.07. The highest BCUT2D eigenvalue weighted by molar-refractivity contribution is 7.89. The van der Waals surface area contributed by atoms with Crippen LogP contribution < -0.4 is 0 Å². The molecule has 3 nitrogen and oxygen atoms in total. The first-order chi connectivity index (χ1) is 8.84. The average Bonchev–Trinajstić information content (AvgIpc) is 2.36. The topological polar surface area (TPSA) is 37.4 Å². The van der Waals surface area contributed by atoms with Gasteiger partial charge in [-0.25, -0.2) is 8.42 Å². The van der Waals surface area contributed by atoms with E-state index in [0.29, 0.717) is 19.0 Å². The standard InChI is InChI=1S/C12H14Cl3NO2S/c1-8-3-2-6-16(7-8)19(17,18)10-5-4-9(13)11(14)12(10)15/h4-5,8H,2-3,6-7H2,1H3. The Morgan fingerprint density at radius 1 is 1.21 bits per heavy atom. The molecule has 1 unspecified atom stereocenters. The van der Waals surface area contributed by atoms with E-state index < -0.39 is 10.0 Å². The van der Waals surface area contributed by atoms with Gasteiger partial charge in [0.2, 0.25) is 10.0 Å². The quantitative estimate of drug-likeness (QED) is 0.760. The van der Waals surface area contributed by atoms with Crippen LogP contribution in [-0.4, -0.2) is 25.8 Å². The molecule has 1 aliphatic rings. The first-order valence-corrected chi connectivity index (χ1v) is 8.55. The molecule has 1 saturated heterocycles. The number of benzene rings is 1. The molecule has 1 fully saturated rings. The van der Waals surface area contributed by atoms with E-state index in [2.05, 4.69) is 0 Å². The Morgan fingerprint density at radius 3 is 2.53 bits per heavy atom. The summed E-state index contributed by atoms with van der Waals surface area (Å²) in [7, 11) is -3.61. The number of halogens is 3. The Hall–Kier alpha value is -0.000000000000000167. The van der Waals surface area contributed by atoms with Gasteiger partial charge in [0.1, 0.15) is 4.90 Å². The maximum absolute atomic E-state index is 12.6. The third kappa shape index (κ3) is 3.03. The van der Waals surface area contributed by atoms with Gasteiger partial charge in [0.05, 0.1) is 15.1 Å². The Balaban J connectivity index is 2.42. The molecule has 2 rings (SSSR count). The normalized spacial score (nSPS) is 21.6. The SMILES string of the molecule is CC1CCCN(S(=O)(=O)c2ccc(Cl)c(Cl)c2Cl)C1. The van der Waals surface area contributed by atoms with Gasteiger partial charge in [0, 0.05) is 13.1 Å². The minimum absolute atomic E-state index is 0.00704. The van der Waals surface area contributed by atoms with Crippen molar-refractivity contribution in [3.8, 4) is 0 Å². The molecule has 0 N–H and O–H groups in total. The molecule has 0 bridgehead atoms. The molecular weight excluding hydrogens is 329 g/mol. The molecule has 106 valence electrons. The lowest BCUT2D eigenvalue weighted by Gasteiger charge is -2.30. The Bertz CT molecular complexity index is 589. The second-order valence-corrected chi connectivity index (χ2v) is 7.85. The summed E-state index contributed by atoms with van der Waals surface area (Å²) in [5, 5.41) is 0.319. The smallest absolute Gasteiger partial charge is 0.207 e. The maximum atomic E-state index is 12.6. The molecule has 19 heavy (non-hydrogen) atoms. The Labute approximate surface area is 128 Å². The van der Waals surface area contributed by atoms with Gasteiger partial charge in [-0.1, -0.05) is 41.7 Å². The number of hydrogen-bond acceptors (Lipinski definition) is 2. The van der Waals surface area contributed by atoms with Crippen LogP contribution in [0.4, 0.5) is 0 Å². The molecule has 1 aromatic rings. The molecule has 0 aliphatic carbocycles. The fourth-order valence-corrected chi connectivity index (χ4v) is 4.76. The van der Waals surface area contributed by atoms with Crippen molar-refractivity contribution in [1.29, 1.82) is 0 Å². The second kappa shape index (κ2) is 5.78. The van der Waals surface area contributed by atoms with Crippen molar-refractivity contribution in [1.82, 2.24) is 4.31 Å². The Kier molecular flexibility index (Phi) is 4.68. The summed E-state index contributed by atoms with van der Waals surface area (Å²) in [5.41, 5.74) is 0. The van der Waals surface area contributed by atoms with Crippen LogP contribution >= 0.6 is 34.8 Å². The summed E-state index contributed by atoms with van der Waals surface area (Å²) < 4.78 is 26.6. The molecule has 0 saturated carbocycles. The van der Waals surface area contributed by atoms with Crippen molar-refractivity contribution in [3.05, 3.63) is 27.2 Å². The number of sulfonamides is 1. The zero-order chi connectivity index (χ0) is 14.2. The molecule has 1 aromatic carbocycles. The highest BCUT2D eigenvalue weighted by Gasteiger charge is 2.31. The van der Waals surface area contributed by atoms with E-state index in [4.69, 9.17) is 34.8 Å². The van der Waals surface area contributed by atoms with Crippen LogP contribution in [0.5, 0.6) is 0 Å². The zero-order valence-corrected chi connectivity index (χ0v) is 13.5. The van der Waals surface area contributed by atoms with E-state index in [1.54, 1.807) is 0 Å². The van der Waals surface area contributed by atoms with Gasteiger partial charge in [0.25, 0.3) is 0 Å². The van der Waals surface area contributed by atoms with Crippen LogP contribution in [0.2, 0.25) is 15.1 Å². The molecular formula is C12H14Cl3NO2S. The first-order valence-electron chi connectivity index (χ1n) is 5.97. The van der Waals surface area contributed by atoms with Gasteiger partial charge >= 0.3 is 0 Å². The van der Waals surface area contributed by atoms with E-state index in [1.807, 2.05) is 6.92 Å². The second-order valence-electron chi connectivity index (χ2n) is 4.78. The zero-order valence-electron chi connectivity index (χ0n) is 10.4. The number of piperidine rings is 1. The minimum atomic E-state index is -3.61. The van der Waals surface area contributed by atoms with E-state index in [1.165, 1.54) is 16.4 Å². The van der Waals surface area contributed by atoms with Crippen LogP contribution in [-0.2, 0) is 10.0 Å². The molecule has 0 aromatic heterocycles. The van der Waals surface area contributed by atoms with Gasteiger partial charge in [-0.2, -0.15) is 4.31 Å². The third-order valence-corrected chi connectivity index (χ3v) is 6.55. The first kappa shape index (κ1) is 15.4. The lowest BCUT2D eigenvalue weighted by atomic mass is 10.0.